The van der Waals surface area contributed by atoms with Gasteiger partial charge >= 0.3 is 0 Å². The number of aromatic nitrogens is 3. The van der Waals surface area contributed by atoms with E-state index in [0.29, 0.717) is 13.1 Å². The van der Waals surface area contributed by atoms with E-state index in [0.717, 1.165) is 39.1 Å². The fourth-order valence-corrected chi connectivity index (χ4v) is 3.83. The van der Waals surface area contributed by atoms with Crippen molar-refractivity contribution in [3.8, 4) is 0 Å². The first-order valence-corrected chi connectivity index (χ1v) is 10.1. The molecule has 0 saturated carbocycles. The molecular weight excluding hydrogens is 370 g/mol. The highest BCUT2D eigenvalue weighted by molar-refractivity contribution is 7.09. The maximum Gasteiger partial charge on any atom is 0.145 e. The molecule has 0 radical (unpaired) electrons. The second-order valence-corrected chi connectivity index (χ2v) is 7.76. The number of hydrogen-bond acceptors (Lipinski definition) is 7. The van der Waals surface area contributed by atoms with Gasteiger partial charge in [-0.15, -0.1) is 11.3 Å². The van der Waals surface area contributed by atoms with Crippen LogP contribution in [0.5, 0.6) is 0 Å². The van der Waals surface area contributed by atoms with E-state index in [-0.39, 0.29) is 6.04 Å². The molecule has 7 heteroatoms. The number of hydrogen-bond donors (Lipinski definition) is 1. The molecule has 0 spiro atoms. The largest absolute Gasteiger partial charge is 0.465 e. The first-order chi connectivity index (χ1) is 13.6. The number of fused-ring (bicyclic) bond motifs is 1. The highest BCUT2D eigenvalue weighted by atomic mass is 32.1. The number of anilines is 1. The second-order valence-electron chi connectivity index (χ2n) is 6.83. The minimum atomic E-state index is 0.206. The molecule has 1 unspecified atom stereocenters. The average Bonchev–Trinajstić information content (AvgIpc) is 3.37. The Hall–Kier alpha value is -2.77. The van der Waals surface area contributed by atoms with Crippen molar-refractivity contribution in [3.05, 3.63) is 70.3 Å². The lowest BCUT2D eigenvalue weighted by Gasteiger charge is -2.22. The molecule has 0 fully saturated rings. The predicted molar refractivity (Wildman–Crippen MR) is 112 cm³/mol. The Kier molecular flexibility index (Phi) is 5.36. The lowest BCUT2D eigenvalue weighted by Crippen LogP contribution is -2.23. The van der Waals surface area contributed by atoms with Crippen LogP contribution in [0.15, 0.2) is 52.4 Å². The Morgan fingerprint density at radius 2 is 2.04 bits per heavy atom. The van der Waals surface area contributed by atoms with Gasteiger partial charge in [0, 0.05) is 17.0 Å². The molecule has 4 aromatic rings. The first kappa shape index (κ1) is 18.6. The van der Waals surface area contributed by atoms with Gasteiger partial charge in [0.05, 0.1) is 24.6 Å². The molecule has 6 nitrogen and oxygen atoms in total. The van der Waals surface area contributed by atoms with Gasteiger partial charge in [-0.2, -0.15) is 0 Å². The SMILES string of the molecule is Cc1ccc(CNc2nc(CN(C)C(C)c3nccs3)nc3ccccc23)o1. The van der Waals surface area contributed by atoms with Crippen LogP contribution in [0.4, 0.5) is 5.82 Å². The normalized spacial score (nSPS) is 12.6. The van der Waals surface area contributed by atoms with Crippen molar-refractivity contribution in [2.45, 2.75) is 33.0 Å². The molecule has 0 bridgehead atoms. The summed E-state index contributed by atoms with van der Waals surface area (Å²) in [5, 5.41) is 7.52. The summed E-state index contributed by atoms with van der Waals surface area (Å²) in [5.41, 5.74) is 0.931. The van der Waals surface area contributed by atoms with Crippen LogP contribution in [-0.2, 0) is 13.1 Å². The summed E-state index contributed by atoms with van der Waals surface area (Å²) in [6, 6.07) is 12.2. The fourth-order valence-electron chi connectivity index (χ4n) is 3.07. The van der Waals surface area contributed by atoms with E-state index in [4.69, 9.17) is 14.4 Å². The molecule has 28 heavy (non-hydrogen) atoms. The van der Waals surface area contributed by atoms with Gasteiger partial charge in [-0.3, -0.25) is 4.90 Å². The van der Waals surface area contributed by atoms with E-state index in [2.05, 4.69) is 29.2 Å². The standard InChI is InChI=1S/C21H23N5OS/c1-14-8-9-16(27-14)12-23-20-17-6-4-5-7-18(17)24-19(25-20)13-26(3)15(2)21-22-10-11-28-21/h4-11,15H,12-13H2,1-3H3,(H,23,24,25). The van der Waals surface area contributed by atoms with E-state index >= 15 is 0 Å². The minimum absolute atomic E-state index is 0.206. The van der Waals surface area contributed by atoms with Gasteiger partial charge in [0.1, 0.15) is 28.2 Å². The maximum atomic E-state index is 5.66. The van der Waals surface area contributed by atoms with Crippen LogP contribution >= 0.6 is 11.3 Å². The van der Waals surface area contributed by atoms with Crippen molar-refractivity contribution in [1.29, 1.82) is 0 Å². The van der Waals surface area contributed by atoms with Crippen molar-refractivity contribution in [3.63, 3.8) is 0 Å². The molecule has 0 aliphatic rings. The summed E-state index contributed by atoms with van der Waals surface area (Å²) in [5.74, 6) is 3.40. The van der Waals surface area contributed by atoms with Crippen LogP contribution in [0.2, 0.25) is 0 Å². The Labute approximate surface area is 168 Å². The first-order valence-electron chi connectivity index (χ1n) is 9.24. The molecule has 0 saturated heterocycles. The topological polar surface area (TPSA) is 67.1 Å². The summed E-state index contributed by atoms with van der Waals surface area (Å²) < 4.78 is 5.66. The third kappa shape index (κ3) is 4.05. The van der Waals surface area contributed by atoms with E-state index < -0.39 is 0 Å². The highest BCUT2D eigenvalue weighted by Crippen LogP contribution is 2.24. The zero-order chi connectivity index (χ0) is 19.5. The zero-order valence-electron chi connectivity index (χ0n) is 16.2. The highest BCUT2D eigenvalue weighted by Gasteiger charge is 2.17. The van der Waals surface area contributed by atoms with Gasteiger partial charge in [0.25, 0.3) is 0 Å². The maximum absolute atomic E-state index is 5.66. The number of para-hydroxylation sites is 1. The van der Waals surface area contributed by atoms with Crippen molar-refractivity contribution in [1.82, 2.24) is 19.9 Å². The second kappa shape index (κ2) is 8.08. The average molecular weight is 394 g/mol. The van der Waals surface area contributed by atoms with Gasteiger partial charge in [-0.25, -0.2) is 15.0 Å². The van der Waals surface area contributed by atoms with Gasteiger partial charge in [0.15, 0.2) is 0 Å². The van der Waals surface area contributed by atoms with Crippen molar-refractivity contribution in [2.75, 3.05) is 12.4 Å². The Morgan fingerprint density at radius 3 is 2.79 bits per heavy atom. The van der Waals surface area contributed by atoms with Crippen molar-refractivity contribution in [2.24, 2.45) is 0 Å². The smallest absolute Gasteiger partial charge is 0.145 e. The van der Waals surface area contributed by atoms with Crippen LogP contribution < -0.4 is 5.32 Å². The Balaban J connectivity index is 1.58. The number of thiazole rings is 1. The number of nitrogens with one attached hydrogen (secondary N) is 1. The number of nitrogens with zero attached hydrogens (tertiary/aromatic N) is 4. The third-order valence-corrected chi connectivity index (χ3v) is 5.68. The minimum Gasteiger partial charge on any atom is -0.465 e. The molecule has 1 N–H and O–H groups in total. The van der Waals surface area contributed by atoms with Crippen LogP contribution in [0, 0.1) is 6.92 Å². The number of aryl methyl sites for hydroxylation is 1. The predicted octanol–water partition coefficient (Wildman–Crippen LogP) is 4.79. The fraction of sp³-hybridized carbons (Fsp3) is 0.286. The van der Waals surface area contributed by atoms with Gasteiger partial charge < -0.3 is 9.73 Å². The summed E-state index contributed by atoms with van der Waals surface area (Å²) in [7, 11) is 2.07. The van der Waals surface area contributed by atoms with Crippen molar-refractivity contribution >= 4 is 28.1 Å². The van der Waals surface area contributed by atoms with E-state index in [1.165, 1.54) is 0 Å². The lowest BCUT2D eigenvalue weighted by atomic mass is 10.2. The van der Waals surface area contributed by atoms with Crippen LogP contribution in [0.3, 0.4) is 0 Å². The monoisotopic (exact) mass is 393 g/mol. The number of benzene rings is 1. The number of rotatable bonds is 7. The molecule has 3 aromatic heterocycles. The summed E-state index contributed by atoms with van der Waals surface area (Å²) in [6.45, 7) is 5.32. The van der Waals surface area contributed by atoms with E-state index in [1.807, 2.05) is 54.9 Å². The molecule has 3 heterocycles. The van der Waals surface area contributed by atoms with Crippen LogP contribution in [-0.4, -0.2) is 26.9 Å². The molecule has 0 amide bonds. The Bertz CT molecular complexity index is 1060. The van der Waals surface area contributed by atoms with Gasteiger partial charge in [-0.05, 0) is 45.2 Å². The molecule has 1 atom stereocenters. The molecular formula is C21H23N5OS. The quantitative estimate of drug-likeness (QED) is 0.487. The molecule has 0 aliphatic carbocycles. The molecule has 144 valence electrons. The van der Waals surface area contributed by atoms with Gasteiger partial charge in [-0.1, -0.05) is 12.1 Å². The van der Waals surface area contributed by atoms with E-state index in [9.17, 15) is 0 Å². The Morgan fingerprint density at radius 1 is 1.18 bits per heavy atom. The summed E-state index contributed by atoms with van der Waals surface area (Å²) in [6.07, 6.45) is 1.84. The van der Waals surface area contributed by atoms with Crippen LogP contribution in [0.1, 0.15) is 35.3 Å². The molecule has 4 rings (SSSR count). The van der Waals surface area contributed by atoms with E-state index in [1.54, 1.807) is 11.3 Å². The molecule has 1 aromatic carbocycles. The van der Waals surface area contributed by atoms with Crippen molar-refractivity contribution < 1.29 is 4.42 Å². The lowest BCUT2D eigenvalue weighted by molar-refractivity contribution is 0.247. The van der Waals surface area contributed by atoms with Gasteiger partial charge in [0.2, 0.25) is 0 Å². The summed E-state index contributed by atoms with van der Waals surface area (Å²) >= 11 is 1.67. The number of furan rings is 1. The molecule has 0 aliphatic heterocycles. The third-order valence-electron chi connectivity index (χ3n) is 4.74. The summed E-state index contributed by atoms with van der Waals surface area (Å²) in [4.78, 5) is 16.2. The van der Waals surface area contributed by atoms with Crippen LogP contribution in [0.25, 0.3) is 10.9 Å². The zero-order valence-corrected chi connectivity index (χ0v) is 17.0.